The summed E-state index contributed by atoms with van der Waals surface area (Å²) in [5.74, 6) is 2.15. The van der Waals surface area contributed by atoms with E-state index >= 15 is 0 Å². The van der Waals surface area contributed by atoms with E-state index < -0.39 is 0 Å². The van der Waals surface area contributed by atoms with Crippen LogP contribution in [0.4, 0.5) is 0 Å². The monoisotopic (exact) mass is 340 g/mol. The molecule has 1 aromatic rings. The van der Waals surface area contributed by atoms with Gasteiger partial charge in [-0.25, -0.2) is 9.98 Å². The predicted molar refractivity (Wildman–Crippen MR) is 99.0 cm³/mol. The van der Waals surface area contributed by atoms with Gasteiger partial charge in [0.15, 0.2) is 5.96 Å². The van der Waals surface area contributed by atoms with E-state index in [-0.39, 0.29) is 0 Å². The van der Waals surface area contributed by atoms with Gasteiger partial charge in [-0.1, -0.05) is 13.8 Å². The van der Waals surface area contributed by atoms with Gasteiger partial charge >= 0.3 is 0 Å². The Morgan fingerprint density at radius 3 is 2.95 bits per heavy atom. The SMILES string of the molecule is CCNC(=NCc1ncc(CC)s1)NC1CCC(SCC)C1. The summed E-state index contributed by atoms with van der Waals surface area (Å²) < 4.78 is 0. The molecular formula is C16H28N4S2. The number of thiazole rings is 1. The highest BCUT2D eigenvalue weighted by molar-refractivity contribution is 7.99. The lowest BCUT2D eigenvalue weighted by molar-refractivity contribution is 0.615. The minimum Gasteiger partial charge on any atom is -0.357 e. The molecule has 0 spiro atoms. The summed E-state index contributed by atoms with van der Waals surface area (Å²) in [6.45, 7) is 8.08. The zero-order chi connectivity index (χ0) is 15.8. The first-order valence-electron chi connectivity index (χ1n) is 8.35. The average molecular weight is 341 g/mol. The number of rotatable bonds is 7. The predicted octanol–water partition coefficient (Wildman–Crippen LogP) is 3.43. The van der Waals surface area contributed by atoms with Gasteiger partial charge in [0, 0.05) is 28.9 Å². The summed E-state index contributed by atoms with van der Waals surface area (Å²) in [6.07, 6.45) is 6.85. The third kappa shape index (κ3) is 5.47. The van der Waals surface area contributed by atoms with E-state index in [0.29, 0.717) is 12.6 Å². The van der Waals surface area contributed by atoms with Crippen LogP contribution < -0.4 is 10.6 Å². The van der Waals surface area contributed by atoms with E-state index in [9.17, 15) is 0 Å². The fourth-order valence-corrected chi connectivity index (χ4v) is 4.63. The van der Waals surface area contributed by atoms with Crippen molar-refractivity contribution in [2.24, 2.45) is 4.99 Å². The number of hydrogen-bond acceptors (Lipinski definition) is 4. The van der Waals surface area contributed by atoms with Gasteiger partial charge < -0.3 is 10.6 Å². The lowest BCUT2D eigenvalue weighted by Gasteiger charge is -2.17. The number of aliphatic imine (C=N–C) groups is 1. The molecular weight excluding hydrogens is 312 g/mol. The lowest BCUT2D eigenvalue weighted by atomic mass is 10.2. The third-order valence-electron chi connectivity index (χ3n) is 3.79. The van der Waals surface area contributed by atoms with Crippen LogP contribution in [0.1, 0.15) is 49.9 Å². The lowest BCUT2D eigenvalue weighted by Crippen LogP contribution is -2.42. The number of nitrogens with zero attached hydrogens (tertiary/aromatic N) is 2. The molecule has 1 fully saturated rings. The second kappa shape index (κ2) is 9.40. The molecule has 6 heteroatoms. The van der Waals surface area contributed by atoms with Crippen molar-refractivity contribution in [1.29, 1.82) is 0 Å². The normalized spacial score (nSPS) is 22.0. The van der Waals surface area contributed by atoms with Crippen molar-refractivity contribution in [2.75, 3.05) is 12.3 Å². The molecule has 0 radical (unpaired) electrons. The Hall–Kier alpha value is -0.750. The second-order valence-corrected chi connectivity index (χ2v) is 8.28. The number of thioether (sulfide) groups is 1. The number of nitrogens with one attached hydrogen (secondary N) is 2. The first kappa shape index (κ1) is 17.6. The molecule has 0 amide bonds. The molecule has 124 valence electrons. The summed E-state index contributed by atoms with van der Waals surface area (Å²) in [5.41, 5.74) is 0. The molecule has 22 heavy (non-hydrogen) atoms. The Kier molecular flexibility index (Phi) is 7.52. The summed E-state index contributed by atoms with van der Waals surface area (Å²) in [7, 11) is 0. The Labute approximate surface area is 142 Å². The molecule has 1 aliphatic rings. The number of guanidine groups is 1. The quantitative estimate of drug-likeness (QED) is 0.590. The maximum atomic E-state index is 4.70. The van der Waals surface area contributed by atoms with Crippen LogP contribution in [0.15, 0.2) is 11.2 Å². The topological polar surface area (TPSA) is 49.3 Å². The Bertz CT molecular complexity index is 472. The van der Waals surface area contributed by atoms with Gasteiger partial charge in [0.2, 0.25) is 0 Å². The number of hydrogen-bond donors (Lipinski definition) is 2. The summed E-state index contributed by atoms with van der Waals surface area (Å²) in [5, 5.41) is 8.87. The highest BCUT2D eigenvalue weighted by Gasteiger charge is 2.25. The zero-order valence-corrected chi connectivity index (χ0v) is 15.5. The highest BCUT2D eigenvalue weighted by atomic mass is 32.2. The van der Waals surface area contributed by atoms with Gasteiger partial charge in [-0.2, -0.15) is 11.8 Å². The van der Waals surface area contributed by atoms with Crippen molar-refractivity contribution in [3.8, 4) is 0 Å². The number of aryl methyl sites for hydroxylation is 1. The van der Waals surface area contributed by atoms with Crippen LogP contribution in [-0.4, -0.2) is 34.5 Å². The van der Waals surface area contributed by atoms with Crippen molar-refractivity contribution < 1.29 is 0 Å². The second-order valence-electron chi connectivity index (χ2n) is 5.50. The highest BCUT2D eigenvalue weighted by Crippen LogP contribution is 2.29. The summed E-state index contributed by atoms with van der Waals surface area (Å²) in [6, 6.07) is 0.560. The van der Waals surface area contributed by atoms with Crippen LogP contribution in [0.3, 0.4) is 0 Å². The molecule has 4 nitrogen and oxygen atoms in total. The van der Waals surface area contributed by atoms with Crippen molar-refractivity contribution in [3.63, 3.8) is 0 Å². The summed E-state index contributed by atoms with van der Waals surface area (Å²) >= 11 is 3.86. The summed E-state index contributed by atoms with van der Waals surface area (Å²) in [4.78, 5) is 10.5. The van der Waals surface area contributed by atoms with Gasteiger partial charge in [-0.05, 0) is 38.4 Å². The fourth-order valence-electron chi connectivity index (χ4n) is 2.70. The van der Waals surface area contributed by atoms with Crippen LogP contribution >= 0.6 is 23.1 Å². The third-order valence-corrected chi connectivity index (χ3v) is 6.15. The number of aromatic nitrogens is 1. The first-order chi connectivity index (χ1) is 10.7. The molecule has 0 aromatic carbocycles. The Balaban J connectivity index is 1.87. The molecule has 0 bridgehead atoms. The van der Waals surface area contributed by atoms with Crippen LogP contribution in [0.2, 0.25) is 0 Å². The van der Waals surface area contributed by atoms with Crippen LogP contribution in [0, 0.1) is 0 Å². The molecule has 1 aromatic heterocycles. The van der Waals surface area contributed by atoms with Crippen molar-refractivity contribution >= 4 is 29.1 Å². The van der Waals surface area contributed by atoms with Gasteiger partial charge in [0.25, 0.3) is 0 Å². The molecule has 2 rings (SSSR count). The molecule has 1 heterocycles. The molecule has 1 aliphatic carbocycles. The smallest absolute Gasteiger partial charge is 0.191 e. The van der Waals surface area contributed by atoms with E-state index in [0.717, 1.165) is 29.2 Å². The van der Waals surface area contributed by atoms with Crippen LogP contribution in [0.25, 0.3) is 0 Å². The first-order valence-corrected chi connectivity index (χ1v) is 10.2. The minimum absolute atomic E-state index is 0.560. The van der Waals surface area contributed by atoms with Crippen molar-refractivity contribution in [1.82, 2.24) is 15.6 Å². The maximum Gasteiger partial charge on any atom is 0.191 e. The van der Waals surface area contributed by atoms with Crippen LogP contribution in [-0.2, 0) is 13.0 Å². The van der Waals surface area contributed by atoms with E-state index in [1.807, 2.05) is 6.20 Å². The molecule has 2 unspecified atom stereocenters. The van der Waals surface area contributed by atoms with E-state index in [4.69, 9.17) is 4.99 Å². The maximum absolute atomic E-state index is 4.70. The van der Waals surface area contributed by atoms with Crippen molar-refractivity contribution in [3.05, 3.63) is 16.1 Å². The molecule has 1 saturated carbocycles. The van der Waals surface area contributed by atoms with Crippen molar-refractivity contribution in [2.45, 2.75) is 64.3 Å². The molecule has 0 saturated heterocycles. The molecule has 2 N–H and O–H groups in total. The van der Waals surface area contributed by atoms with Gasteiger partial charge in [-0.3, -0.25) is 0 Å². The zero-order valence-electron chi connectivity index (χ0n) is 13.9. The van der Waals surface area contributed by atoms with Gasteiger partial charge in [0.05, 0.1) is 6.54 Å². The van der Waals surface area contributed by atoms with E-state index in [1.165, 1.54) is 29.9 Å². The van der Waals surface area contributed by atoms with E-state index in [2.05, 4.69) is 48.2 Å². The average Bonchev–Trinajstić information content (AvgIpc) is 3.14. The molecule has 2 atom stereocenters. The van der Waals surface area contributed by atoms with E-state index in [1.54, 1.807) is 11.3 Å². The molecule has 0 aliphatic heterocycles. The largest absolute Gasteiger partial charge is 0.357 e. The fraction of sp³-hybridized carbons (Fsp3) is 0.750. The van der Waals surface area contributed by atoms with Gasteiger partial charge in [-0.15, -0.1) is 11.3 Å². The van der Waals surface area contributed by atoms with Crippen LogP contribution in [0.5, 0.6) is 0 Å². The minimum atomic E-state index is 0.560. The standard InChI is InChI=1S/C16H28N4S2/c1-4-13-10-18-15(22-13)11-19-16(17-5-2)20-12-7-8-14(9-12)21-6-3/h10,12,14H,4-9,11H2,1-3H3,(H2,17,19,20). The Morgan fingerprint density at radius 2 is 2.27 bits per heavy atom. The Morgan fingerprint density at radius 1 is 1.41 bits per heavy atom. The van der Waals surface area contributed by atoms with Gasteiger partial charge in [0.1, 0.15) is 5.01 Å².